The predicted molar refractivity (Wildman–Crippen MR) is 103 cm³/mol. The second-order valence-corrected chi connectivity index (χ2v) is 7.43. The van der Waals surface area contributed by atoms with E-state index in [2.05, 4.69) is 34.2 Å². The Labute approximate surface area is 156 Å². The van der Waals surface area contributed by atoms with E-state index in [4.69, 9.17) is 4.52 Å². The maximum Gasteiger partial charge on any atom is 0.251 e. The summed E-state index contributed by atoms with van der Waals surface area (Å²) in [6.45, 7) is 12.6. The van der Waals surface area contributed by atoms with Gasteiger partial charge in [-0.05, 0) is 37.6 Å². The zero-order valence-electron chi connectivity index (χ0n) is 16.5. The standard InChI is InChI=1S/C20H30N4O2/c1-6-8-13-24(7-2)16-11-9-15(10-12-16)18(25)21-14-17-22-19(26-23-17)20(3,4)5/h9-12H,6-8,13-14H2,1-5H3,(H,21,25). The average Bonchev–Trinajstić information content (AvgIpc) is 3.10. The molecule has 1 aromatic carbocycles. The molecular formula is C20H30N4O2. The summed E-state index contributed by atoms with van der Waals surface area (Å²) in [6.07, 6.45) is 2.33. The number of anilines is 1. The lowest BCUT2D eigenvalue weighted by Crippen LogP contribution is -2.25. The highest BCUT2D eigenvalue weighted by atomic mass is 16.5. The molecule has 0 radical (unpaired) electrons. The highest BCUT2D eigenvalue weighted by Gasteiger charge is 2.21. The third kappa shape index (κ3) is 5.31. The Morgan fingerprint density at radius 3 is 2.42 bits per heavy atom. The first kappa shape index (κ1) is 19.9. The first-order chi connectivity index (χ1) is 12.3. The van der Waals surface area contributed by atoms with Gasteiger partial charge in [-0.15, -0.1) is 0 Å². The molecule has 2 rings (SSSR count). The normalized spacial score (nSPS) is 11.4. The summed E-state index contributed by atoms with van der Waals surface area (Å²) < 4.78 is 5.24. The summed E-state index contributed by atoms with van der Waals surface area (Å²) in [6, 6.07) is 7.71. The van der Waals surface area contributed by atoms with E-state index in [0.717, 1.165) is 25.2 Å². The second kappa shape index (κ2) is 8.83. The van der Waals surface area contributed by atoms with Gasteiger partial charge in [0.1, 0.15) is 0 Å². The van der Waals surface area contributed by atoms with Crippen molar-refractivity contribution in [2.24, 2.45) is 0 Å². The zero-order chi connectivity index (χ0) is 19.2. The Morgan fingerprint density at radius 2 is 1.88 bits per heavy atom. The van der Waals surface area contributed by atoms with Crippen LogP contribution in [0.15, 0.2) is 28.8 Å². The Bertz CT molecular complexity index is 701. The van der Waals surface area contributed by atoms with Gasteiger partial charge in [0, 0.05) is 29.8 Å². The highest BCUT2D eigenvalue weighted by molar-refractivity contribution is 5.94. The number of carbonyl (C=O) groups excluding carboxylic acids is 1. The number of nitrogens with one attached hydrogen (secondary N) is 1. The number of hydrogen-bond acceptors (Lipinski definition) is 5. The summed E-state index contributed by atoms with van der Waals surface area (Å²) in [5, 5.41) is 6.76. The molecule has 1 heterocycles. The van der Waals surface area contributed by atoms with Gasteiger partial charge in [0.15, 0.2) is 5.82 Å². The van der Waals surface area contributed by atoms with E-state index in [1.165, 1.54) is 6.42 Å². The van der Waals surface area contributed by atoms with Gasteiger partial charge >= 0.3 is 0 Å². The molecule has 0 unspecified atom stereocenters. The minimum absolute atomic E-state index is 0.143. The van der Waals surface area contributed by atoms with E-state index in [9.17, 15) is 4.79 Å². The first-order valence-electron chi connectivity index (χ1n) is 9.31. The van der Waals surface area contributed by atoms with Gasteiger partial charge < -0.3 is 14.7 Å². The van der Waals surface area contributed by atoms with Crippen molar-refractivity contribution >= 4 is 11.6 Å². The number of nitrogens with zero attached hydrogens (tertiary/aromatic N) is 3. The van der Waals surface area contributed by atoms with Crippen molar-refractivity contribution in [3.63, 3.8) is 0 Å². The van der Waals surface area contributed by atoms with Gasteiger partial charge in [0.2, 0.25) is 5.89 Å². The number of benzene rings is 1. The van der Waals surface area contributed by atoms with Gasteiger partial charge in [0.25, 0.3) is 5.91 Å². The van der Waals surface area contributed by atoms with Crippen molar-refractivity contribution in [1.82, 2.24) is 15.5 Å². The summed E-state index contributed by atoms with van der Waals surface area (Å²) >= 11 is 0. The van der Waals surface area contributed by atoms with E-state index in [1.54, 1.807) is 0 Å². The Morgan fingerprint density at radius 1 is 1.19 bits per heavy atom. The minimum Gasteiger partial charge on any atom is -0.372 e. The third-order valence-electron chi connectivity index (χ3n) is 4.17. The smallest absolute Gasteiger partial charge is 0.251 e. The van der Waals surface area contributed by atoms with E-state index < -0.39 is 0 Å². The SMILES string of the molecule is CCCCN(CC)c1ccc(C(=O)NCc2noc(C(C)(C)C)n2)cc1. The summed E-state index contributed by atoms with van der Waals surface area (Å²) in [4.78, 5) is 19.0. The summed E-state index contributed by atoms with van der Waals surface area (Å²) in [5.41, 5.74) is 1.57. The van der Waals surface area contributed by atoms with Crippen LogP contribution in [0.25, 0.3) is 0 Å². The van der Waals surface area contributed by atoms with E-state index in [0.29, 0.717) is 17.3 Å². The highest BCUT2D eigenvalue weighted by Crippen LogP contribution is 2.19. The first-order valence-corrected chi connectivity index (χ1v) is 9.31. The summed E-state index contributed by atoms with van der Waals surface area (Å²) in [5.74, 6) is 0.907. The van der Waals surface area contributed by atoms with Crippen molar-refractivity contribution < 1.29 is 9.32 Å². The molecule has 6 heteroatoms. The van der Waals surface area contributed by atoms with Crippen molar-refractivity contribution in [3.05, 3.63) is 41.5 Å². The maximum absolute atomic E-state index is 12.3. The minimum atomic E-state index is -0.200. The molecule has 0 spiro atoms. The molecule has 0 aliphatic heterocycles. The molecule has 0 saturated heterocycles. The zero-order valence-corrected chi connectivity index (χ0v) is 16.5. The van der Waals surface area contributed by atoms with Crippen LogP contribution in [0.5, 0.6) is 0 Å². The third-order valence-corrected chi connectivity index (χ3v) is 4.17. The Kier molecular flexibility index (Phi) is 6.77. The van der Waals surface area contributed by atoms with Gasteiger partial charge in [-0.25, -0.2) is 0 Å². The van der Waals surface area contributed by atoms with E-state index in [-0.39, 0.29) is 17.9 Å². The monoisotopic (exact) mass is 358 g/mol. The molecular weight excluding hydrogens is 328 g/mol. The number of carbonyl (C=O) groups is 1. The number of unbranched alkanes of at least 4 members (excludes halogenated alkanes) is 1. The molecule has 0 saturated carbocycles. The molecule has 2 aromatic rings. The van der Waals surface area contributed by atoms with Gasteiger partial charge in [-0.1, -0.05) is 39.3 Å². The fourth-order valence-corrected chi connectivity index (χ4v) is 2.53. The predicted octanol–water partition coefficient (Wildman–Crippen LogP) is 3.92. The molecule has 1 aromatic heterocycles. The number of aromatic nitrogens is 2. The molecule has 1 N–H and O–H groups in total. The molecule has 0 fully saturated rings. The van der Waals surface area contributed by atoms with Gasteiger partial charge in [0.05, 0.1) is 6.54 Å². The molecule has 142 valence electrons. The lowest BCUT2D eigenvalue weighted by atomic mass is 9.97. The van der Waals surface area contributed by atoms with Gasteiger partial charge in [-0.2, -0.15) is 4.98 Å². The topological polar surface area (TPSA) is 71.3 Å². The maximum atomic E-state index is 12.3. The van der Waals surface area contributed by atoms with Crippen LogP contribution >= 0.6 is 0 Å². The lowest BCUT2D eigenvalue weighted by Gasteiger charge is -2.23. The lowest BCUT2D eigenvalue weighted by molar-refractivity contribution is 0.0949. The van der Waals surface area contributed by atoms with Crippen molar-refractivity contribution in [1.29, 1.82) is 0 Å². The molecule has 26 heavy (non-hydrogen) atoms. The number of rotatable bonds is 8. The quantitative estimate of drug-likeness (QED) is 0.774. The van der Waals surface area contributed by atoms with Crippen LogP contribution < -0.4 is 10.2 Å². The number of amides is 1. The van der Waals surface area contributed by atoms with Crippen LogP contribution in [0.4, 0.5) is 5.69 Å². The molecule has 0 aliphatic carbocycles. The van der Waals surface area contributed by atoms with E-state index >= 15 is 0 Å². The van der Waals surface area contributed by atoms with Crippen LogP contribution in [0.2, 0.25) is 0 Å². The molecule has 0 atom stereocenters. The van der Waals surface area contributed by atoms with Crippen LogP contribution in [0.1, 0.15) is 69.5 Å². The van der Waals surface area contributed by atoms with Crippen molar-refractivity contribution in [3.8, 4) is 0 Å². The van der Waals surface area contributed by atoms with E-state index in [1.807, 2.05) is 45.0 Å². The van der Waals surface area contributed by atoms with Crippen LogP contribution in [-0.2, 0) is 12.0 Å². The van der Waals surface area contributed by atoms with Crippen LogP contribution in [0, 0.1) is 0 Å². The largest absolute Gasteiger partial charge is 0.372 e. The Hall–Kier alpha value is -2.37. The fourth-order valence-electron chi connectivity index (χ4n) is 2.53. The van der Waals surface area contributed by atoms with Crippen LogP contribution in [-0.4, -0.2) is 29.1 Å². The molecule has 0 aliphatic rings. The fraction of sp³-hybridized carbons (Fsp3) is 0.550. The number of hydrogen-bond donors (Lipinski definition) is 1. The second-order valence-electron chi connectivity index (χ2n) is 7.43. The van der Waals surface area contributed by atoms with Crippen molar-refractivity contribution in [2.75, 3.05) is 18.0 Å². The molecule has 6 nitrogen and oxygen atoms in total. The average molecular weight is 358 g/mol. The van der Waals surface area contributed by atoms with Crippen LogP contribution in [0.3, 0.4) is 0 Å². The van der Waals surface area contributed by atoms with Crippen molar-refractivity contribution in [2.45, 2.75) is 59.4 Å². The summed E-state index contributed by atoms with van der Waals surface area (Å²) in [7, 11) is 0. The van der Waals surface area contributed by atoms with Gasteiger partial charge in [-0.3, -0.25) is 4.79 Å². The molecule has 1 amide bonds. The Balaban J connectivity index is 1.94. The molecule has 0 bridgehead atoms.